The summed E-state index contributed by atoms with van der Waals surface area (Å²) in [5.41, 5.74) is -1.34. The molecule has 9 nitrogen and oxygen atoms in total. The number of hydrogen-bond donors (Lipinski definition) is 0. The van der Waals surface area contributed by atoms with Crippen LogP contribution < -0.4 is 0 Å². The van der Waals surface area contributed by atoms with Gasteiger partial charge in [-0.15, -0.1) is 20.4 Å². The summed E-state index contributed by atoms with van der Waals surface area (Å²) < 4.78 is 64.1. The molecule has 24 heavy (non-hydrogen) atoms. The second kappa shape index (κ2) is 5.37. The number of pyridine rings is 1. The molecule has 0 amide bonds. The zero-order chi connectivity index (χ0) is 17.7. The van der Waals surface area contributed by atoms with Crippen molar-refractivity contribution < 1.29 is 21.6 Å². The molecule has 0 unspecified atom stereocenters. The van der Waals surface area contributed by atoms with Gasteiger partial charge in [0.25, 0.3) is 5.16 Å². The van der Waals surface area contributed by atoms with Crippen molar-refractivity contribution in [3.63, 3.8) is 0 Å². The lowest BCUT2D eigenvalue weighted by Gasteiger charge is -2.08. The molecule has 0 aliphatic carbocycles. The molecular weight excluding hydrogens is 375 g/mol. The monoisotopic (exact) mass is 381 g/mol. The van der Waals surface area contributed by atoms with Crippen molar-refractivity contribution in [3.8, 4) is 0 Å². The van der Waals surface area contributed by atoms with Gasteiger partial charge in [0.05, 0.1) is 17.6 Å². The molecule has 0 aliphatic heterocycles. The van der Waals surface area contributed by atoms with Crippen molar-refractivity contribution in [2.75, 3.05) is 0 Å². The van der Waals surface area contributed by atoms with E-state index in [-0.39, 0.29) is 16.5 Å². The first-order valence-corrected chi connectivity index (χ1v) is 8.18. The van der Waals surface area contributed by atoms with Crippen LogP contribution >= 0.6 is 11.6 Å². The van der Waals surface area contributed by atoms with Crippen molar-refractivity contribution >= 4 is 27.1 Å². The molecule has 0 aliphatic rings. The molecule has 0 saturated heterocycles. The van der Waals surface area contributed by atoms with Crippen LogP contribution in [0, 0.1) is 0 Å². The number of halogens is 4. The summed E-state index contributed by atoms with van der Waals surface area (Å²) >= 11 is 5.74. The highest BCUT2D eigenvalue weighted by Gasteiger charge is 2.33. The van der Waals surface area contributed by atoms with E-state index in [1.807, 2.05) is 0 Å². The van der Waals surface area contributed by atoms with Crippen LogP contribution in [0.5, 0.6) is 0 Å². The van der Waals surface area contributed by atoms with Gasteiger partial charge in [-0.3, -0.25) is 4.40 Å². The molecule has 0 aromatic carbocycles. The van der Waals surface area contributed by atoms with Crippen LogP contribution in [-0.4, -0.2) is 43.2 Å². The van der Waals surface area contributed by atoms with E-state index in [0.717, 1.165) is 4.80 Å². The number of hydrogen-bond acceptors (Lipinski definition) is 7. The zero-order valence-electron chi connectivity index (χ0n) is 11.7. The molecule has 128 valence electrons. The quantitative estimate of drug-likeness (QED) is 0.663. The Balaban J connectivity index is 2.14. The normalized spacial score (nSPS) is 12.9. The summed E-state index contributed by atoms with van der Waals surface area (Å²) in [6.45, 7) is 0. The molecule has 0 fully saturated rings. The highest BCUT2D eigenvalue weighted by atomic mass is 35.5. The van der Waals surface area contributed by atoms with E-state index in [1.54, 1.807) is 0 Å². The number of nitrogens with zero attached hydrogens (tertiary/aromatic N) is 7. The second-order valence-corrected chi connectivity index (χ2v) is 7.00. The maximum atomic E-state index is 12.9. The average Bonchev–Trinajstić information content (AvgIpc) is 3.04. The summed E-state index contributed by atoms with van der Waals surface area (Å²) in [5.74, 6) is -0.831. The molecule has 3 heterocycles. The van der Waals surface area contributed by atoms with Gasteiger partial charge < -0.3 is 0 Å². The van der Waals surface area contributed by atoms with E-state index in [4.69, 9.17) is 11.6 Å². The standard InChI is InChI=1S/C10H7ClF3N7O2S/c1-20-18-7(15-19-20)4-24(22,23)9-17-16-8-6(11)2-5(3-21(8)9)10(12,13)14/h2-3H,4H2,1H3. The Morgan fingerprint density at radius 1 is 1.25 bits per heavy atom. The molecule has 0 radical (unpaired) electrons. The lowest BCUT2D eigenvalue weighted by molar-refractivity contribution is -0.137. The maximum Gasteiger partial charge on any atom is 0.417 e. The van der Waals surface area contributed by atoms with Gasteiger partial charge in [-0.1, -0.05) is 11.6 Å². The molecule has 0 spiro atoms. The third kappa shape index (κ3) is 2.91. The average molecular weight is 382 g/mol. The highest BCUT2D eigenvalue weighted by Crippen LogP contribution is 2.32. The third-order valence-corrected chi connectivity index (χ3v) is 4.65. The van der Waals surface area contributed by atoms with E-state index in [9.17, 15) is 21.6 Å². The third-order valence-electron chi connectivity index (χ3n) is 2.90. The van der Waals surface area contributed by atoms with Crippen molar-refractivity contribution in [2.24, 2.45) is 7.05 Å². The predicted octanol–water partition coefficient (Wildman–Crippen LogP) is 0.899. The minimum absolute atomic E-state index is 0.132. The van der Waals surface area contributed by atoms with Gasteiger partial charge in [-0.25, -0.2) is 8.42 Å². The largest absolute Gasteiger partial charge is 0.417 e. The van der Waals surface area contributed by atoms with Crippen molar-refractivity contribution in [1.29, 1.82) is 0 Å². The van der Waals surface area contributed by atoms with Crippen molar-refractivity contribution in [1.82, 2.24) is 34.8 Å². The molecule has 0 saturated carbocycles. The Morgan fingerprint density at radius 3 is 2.54 bits per heavy atom. The predicted molar refractivity (Wildman–Crippen MR) is 72.7 cm³/mol. The Bertz CT molecular complexity index is 1030. The summed E-state index contributed by atoms with van der Waals surface area (Å²) in [6, 6.07) is 0.645. The Morgan fingerprint density at radius 2 is 1.96 bits per heavy atom. The first-order valence-electron chi connectivity index (χ1n) is 6.15. The number of aryl methyl sites for hydroxylation is 1. The summed E-state index contributed by atoms with van der Waals surface area (Å²) in [6.07, 6.45) is -4.15. The summed E-state index contributed by atoms with van der Waals surface area (Å²) in [5, 5.41) is 16.6. The number of aromatic nitrogens is 7. The smallest absolute Gasteiger partial charge is 0.271 e. The Kier molecular flexibility index (Phi) is 3.71. The molecule has 3 aromatic heterocycles. The first kappa shape index (κ1) is 16.6. The van der Waals surface area contributed by atoms with Gasteiger partial charge in [0, 0.05) is 6.20 Å². The number of fused-ring (bicyclic) bond motifs is 1. The van der Waals surface area contributed by atoms with Gasteiger partial charge >= 0.3 is 6.18 Å². The lowest BCUT2D eigenvalue weighted by Crippen LogP contribution is -2.13. The minimum Gasteiger partial charge on any atom is -0.271 e. The van der Waals surface area contributed by atoms with Crippen LogP contribution in [0.1, 0.15) is 11.4 Å². The molecule has 0 atom stereocenters. The topological polar surface area (TPSA) is 108 Å². The van der Waals surface area contributed by atoms with Crippen molar-refractivity contribution in [2.45, 2.75) is 17.1 Å². The van der Waals surface area contributed by atoms with Crippen molar-refractivity contribution in [3.05, 3.63) is 28.7 Å². The zero-order valence-corrected chi connectivity index (χ0v) is 13.3. The number of rotatable bonds is 3. The lowest BCUT2D eigenvalue weighted by atomic mass is 10.3. The fraction of sp³-hybridized carbons (Fsp3) is 0.300. The molecule has 0 bridgehead atoms. The Labute approximate surface area is 137 Å². The van der Waals surface area contributed by atoms with E-state index >= 15 is 0 Å². The van der Waals surface area contributed by atoms with Crippen LogP contribution in [-0.2, 0) is 28.8 Å². The van der Waals surface area contributed by atoms with E-state index in [1.165, 1.54) is 7.05 Å². The maximum absolute atomic E-state index is 12.9. The molecule has 0 N–H and O–H groups in total. The van der Waals surface area contributed by atoms with Gasteiger partial charge in [0.15, 0.2) is 11.5 Å². The van der Waals surface area contributed by atoms with Gasteiger partial charge in [-0.2, -0.15) is 18.0 Å². The molecule has 3 aromatic rings. The number of sulfone groups is 1. The summed E-state index contributed by atoms with van der Waals surface area (Å²) in [4.78, 5) is 1.05. The Hall–Kier alpha value is -2.28. The number of alkyl halides is 3. The minimum atomic E-state index is -4.71. The molecule has 3 rings (SSSR count). The number of tetrazole rings is 1. The first-order chi connectivity index (χ1) is 11.1. The van der Waals surface area contributed by atoms with E-state index < -0.39 is 32.5 Å². The summed E-state index contributed by atoms with van der Waals surface area (Å²) in [7, 11) is -2.74. The van der Waals surface area contributed by atoms with E-state index in [2.05, 4.69) is 25.6 Å². The highest BCUT2D eigenvalue weighted by molar-refractivity contribution is 7.90. The van der Waals surface area contributed by atoms with Crippen LogP contribution in [0.3, 0.4) is 0 Å². The SMILES string of the molecule is Cn1nnc(CS(=O)(=O)c2nnc3c(Cl)cc(C(F)(F)F)cn23)n1. The second-order valence-electron chi connectivity index (χ2n) is 4.70. The van der Waals surface area contributed by atoms with Gasteiger partial charge in [0.1, 0.15) is 5.75 Å². The van der Waals surface area contributed by atoms with E-state index in [0.29, 0.717) is 16.7 Å². The van der Waals surface area contributed by atoms with Crippen LogP contribution in [0.25, 0.3) is 5.65 Å². The van der Waals surface area contributed by atoms with Gasteiger partial charge in [-0.05, 0) is 11.3 Å². The molecular formula is C10H7ClF3N7O2S. The van der Waals surface area contributed by atoms with Crippen LogP contribution in [0.2, 0.25) is 5.02 Å². The van der Waals surface area contributed by atoms with Gasteiger partial charge in [0.2, 0.25) is 9.84 Å². The fourth-order valence-electron chi connectivity index (χ4n) is 1.92. The molecule has 14 heteroatoms. The van der Waals surface area contributed by atoms with Crippen LogP contribution in [0.15, 0.2) is 17.4 Å². The van der Waals surface area contributed by atoms with Crippen LogP contribution in [0.4, 0.5) is 13.2 Å². The fourth-order valence-corrected chi connectivity index (χ4v) is 3.35.